The number of hydrogen-bond donors (Lipinski definition) is 0. The van der Waals surface area contributed by atoms with Crippen molar-refractivity contribution < 1.29 is 37.5 Å². The van der Waals surface area contributed by atoms with Crippen molar-refractivity contribution in [2.24, 2.45) is 0 Å². The lowest BCUT2D eigenvalue weighted by Gasteiger charge is -1.99. The van der Waals surface area contributed by atoms with E-state index in [9.17, 15) is 14.0 Å². The molecule has 0 radical (unpaired) electrons. The van der Waals surface area contributed by atoms with Crippen molar-refractivity contribution in [2.75, 3.05) is 34.5 Å². The summed E-state index contributed by atoms with van der Waals surface area (Å²) < 4.78 is 35.9. The van der Waals surface area contributed by atoms with Crippen molar-refractivity contribution in [3.05, 3.63) is 35.5 Å². The monoisotopic (exact) mass is 570 g/mol. The highest BCUT2D eigenvalue weighted by molar-refractivity contribution is 5.68. The van der Waals surface area contributed by atoms with Crippen LogP contribution in [-0.2, 0) is 23.7 Å². The fourth-order valence-corrected chi connectivity index (χ4v) is 2.85. The second kappa shape index (κ2) is 27.6. The van der Waals surface area contributed by atoms with E-state index in [1.165, 1.54) is 46.0 Å². The Labute approximate surface area is 240 Å². The Bertz CT molecular complexity index is 863. The number of hydrogen-bond acceptors (Lipinski definition) is 9. The average Bonchev–Trinajstić information content (AvgIpc) is 3.40. The van der Waals surface area contributed by atoms with Crippen LogP contribution in [0.4, 0.5) is 9.18 Å². The van der Waals surface area contributed by atoms with Crippen molar-refractivity contribution in [2.45, 2.75) is 98.8 Å². The molecular formula is C30H51FN2O7. The summed E-state index contributed by atoms with van der Waals surface area (Å²) in [4.78, 5) is 24.8. The molecule has 2 rings (SSSR count). The van der Waals surface area contributed by atoms with E-state index >= 15 is 0 Å². The fraction of sp³-hybridized carbons (Fsp3) is 0.667. The number of methoxy groups -OCH3 is 3. The lowest BCUT2D eigenvalue weighted by molar-refractivity contribution is -0.140. The number of nitrogens with zero attached hydrogens (tertiary/aromatic N) is 2. The Morgan fingerprint density at radius 1 is 0.850 bits per heavy atom. The number of carbonyl (C=O) groups excluding carboxylic acids is 2. The first-order chi connectivity index (χ1) is 19.2. The van der Waals surface area contributed by atoms with Gasteiger partial charge in [-0.05, 0) is 49.9 Å². The lowest BCUT2D eigenvalue weighted by atomic mass is 10.1. The zero-order valence-electron chi connectivity index (χ0n) is 25.8. The van der Waals surface area contributed by atoms with Gasteiger partial charge in [-0.3, -0.25) is 4.79 Å². The van der Waals surface area contributed by atoms with Gasteiger partial charge in [0.15, 0.2) is 0 Å². The molecule has 1 aromatic heterocycles. The summed E-state index contributed by atoms with van der Waals surface area (Å²) in [5.74, 6) is 0.671. The number of unbranched alkanes of at least 4 members (excludes halogenated alkanes) is 6. The van der Waals surface area contributed by atoms with Gasteiger partial charge in [-0.25, -0.2) is 9.18 Å². The highest BCUT2D eigenvalue weighted by Crippen LogP contribution is 2.18. The van der Waals surface area contributed by atoms with Gasteiger partial charge in [0.25, 0.3) is 0 Å². The molecule has 0 amide bonds. The predicted octanol–water partition coefficient (Wildman–Crippen LogP) is 8.01. The molecule has 0 N–H and O–H groups in total. The van der Waals surface area contributed by atoms with Crippen molar-refractivity contribution in [1.82, 2.24) is 10.1 Å². The smallest absolute Gasteiger partial charge is 0.469 e. The lowest BCUT2D eigenvalue weighted by Crippen LogP contribution is -2.04. The van der Waals surface area contributed by atoms with Crippen LogP contribution < -0.4 is 0 Å². The minimum absolute atomic E-state index is 0.0940. The number of rotatable bonds is 13. The zero-order chi connectivity index (χ0) is 30.6. The van der Waals surface area contributed by atoms with E-state index in [0.29, 0.717) is 30.3 Å². The van der Waals surface area contributed by atoms with Gasteiger partial charge >= 0.3 is 12.1 Å². The van der Waals surface area contributed by atoms with E-state index in [1.54, 1.807) is 33.1 Å². The summed E-state index contributed by atoms with van der Waals surface area (Å²) in [5.41, 5.74) is 1.34. The molecule has 0 bridgehead atoms. The topological polar surface area (TPSA) is 110 Å². The van der Waals surface area contributed by atoms with Crippen LogP contribution in [0.5, 0.6) is 0 Å². The molecule has 0 unspecified atom stereocenters. The van der Waals surface area contributed by atoms with Gasteiger partial charge in [-0.2, -0.15) is 4.98 Å². The first kappa shape index (κ1) is 39.1. The zero-order valence-corrected chi connectivity index (χ0v) is 25.8. The SMILES string of the molecule is CCCCCC(=O)OC.CCCCCCOC.CCCCOC(=O)OC.Cc1nc(-c2ccc(F)c(C)c2)no1. The largest absolute Gasteiger partial charge is 0.507 e. The molecule has 0 aliphatic rings. The third-order valence-corrected chi connectivity index (χ3v) is 5.24. The van der Waals surface area contributed by atoms with E-state index in [0.717, 1.165) is 44.3 Å². The fourth-order valence-electron chi connectivity index (χ4n) is 2.85. The summed E-state index contributed by atoms with van der Waals surface area (Å²) in [6.45, 7) is 11.2. The molecule has 0 aliphatic heterocycles. The summed E-state index contributed by atoms with van der Waals surface area (Å²) in [5, 5.41) is 3.75. The number of esters is 1. The third kappa shape index (κ3) is 22.9. The highest BCUT2D eigenvalue weighted by atomic mass is 19.1. The molecule has 0 saturated carbocycles. The Kier molecular flexibility index (Phi) is 27.0. The summed E-state index contributed by atoms with van der Waals surface area (Å²) >= 11 is 0. The first-order valence-corrected chi connectivity index (χ1v) is 14.0. The van der Waals surface area contributed by atoms with Gasteiger partial charge < -0.3 is 23.5 Å². The quantitative estimate of drug-likeness (QED) is 0.175. The molecule has 0 aliphatic carbocycles. The van der Waals surface area contributed by atoms with Gasteiger partial charge in [0.05, 0.1) is 20.8 Å². The minimum atomic E-state index is -0.594. The Morgan fingerprint density at radius 2 is 1.50 bits per heavy atom. The molecule has 1 aromatic carbocycles. The van der Waals surface area contributed by atoms with E-state index in [2.05, 4.69) is 38.2 Å². The van der Waals surface area contributed by atoms with Crippen LogP contribution >= 0.6 is 0 Å². The maximum Gasteiger partial charge on any atom is 0.507 e. The van der Waals surface area contributed by atoms with E-state index in [1.807, 2.05) is 6.92 Å². The van der Waals surface area contributed by atoms with E-state index in [-0.39, 0.29) is 11.8 Å². The molecule has 0 spiro atoms. The van der Waals surface area contributed by atoms with Gasteiger partial charge in [-0.1, -0.05) is 64.5 Å². The maximum atomic E-state index is 13.0. The van der Waals surface area contributed by atoms with Gasteiger partial charge in [0, 0.05) is 32.6 Å². The summed E-state index contributed by atoms with van der Waals surface area (Å²) in [6, 6.07) is 4.72. The molecule has 230 valence electrons. The third-order valence-electron chi connectivity index (χ3n) is 5.24. The number of ether oxygens (including phenoxy) is 4. The van der Waals surface area contributed by atoms with Crippen molar-refractivity contribution in [1.29, 1.82) is 0 Å². The molecule has 0 saturated heterocycles. The van der Waals surface area contributed by atoms with Gasteiger partial charge in [0.1, 0.15) is 5.82 Å². The van der Waals surface area contributed by atoms with E-state index < -0.39 is 6.16 Å². The van der Waals surface area contributed by atoms with E-state index in [4.69, 9.17) is 9.26 Å². The molecule has 2 aromatic rings. The van der Waals surface area contributed by atoms with Crippen molar-refractivity contribution in [3.63, 3.8) is 0 Å². The van der Waals surface area contributed by atoms with Crippen molar-refractivity contribution >= 4 is 12.1 Å². The maximum absolute atomic E-state index is 13.0. The Morgan fingerprint density at radius 3 is 2.00 bits per heavy atom. The average molecular weight is 571 g/mol. The highest BCUT2D eigenvalue weighted by Gasteiger charge is 2.07. The number of aryl methyl sites for hydroxylation is 2. The first-order valence-electron chi connectivity index (χ1n) is 14.0. The number of carbonyl (C=O) groups is 2. The molecule has 10 heteroatoms. The van der Waals surface area contributed by atoms with Crippen LogP contribution in [0.1, 0.15) is 96.4 Å². The molecular weight excluding hydrogens is 519 g/mol. The number of benzene rings is 1. The number of halogens is 1. The minimum Gasteiger partial charge on any atom is -0.469 e. The molecule has 40 heavy (non-hydrogen) atoms. The Hall–Kier alpha value is -3.01. The van der Waals surface area contributed by atoms with Gasteiger partial charge in [0.2, 0.25) is 11.7 Å². The summed E-state index contributed by atoms with van der Waals surface area (Å²) in [6.07, 6.45) is 10.3. The standard InChI is InChI=1S/C10H9FN2O.C7H14O2.C7H16O.C6H12O3/c1-6-5-8(3-4-9(6)11)10-12-7(2)14-13-10;1-3-4-5-6-7(8)9-2;1-3-4-5-6-7-8-2;1-3-4-5-9-6(7)8-2/h3-5H,1-2H3;3-6H2,1-2H3;3-7H2,1-2H3;3-5H2,1-2H3. The number of aromatic nitrogens is 2. The van der Waals surface area contributed by atoms with Crippen LogP contribution in [0.15, 0.2) is 22.7 Å². The predicted molar refractivity (Wildman–Crippen MR) is 155 cm³/mol. The normalized spacial score (nSPS) is 9.62. The second-order valence-corrected chi connectivity index (χ2v) is 8.84. The van der Waals surface area contributed by atoms with Gasteiger partial charge in [-0.15, -0.1) is 0 Å². The second-order valence-electron chi connectivity index (χ2n) is 8.84. The van der Waals surface area contributed by atoms with Crippen LogP contribution in [0.3, 0.4) is 0 Å². The summed E-state index contributed by atoms with van der Waals surface area (Å²) in [7, 11) is 4.48. The molecule has 0 fully saturated rings. The molecule has 0 atom stereocenters. The van der Waals surface area contributed by atoms with Crippen LogP contribution in [0.2, 0.25) is 0 Å². The van der Waals surface area contributed by atoms with Crippen LogP contribution in [-0.4, -0.2) is 56.8 Å². The molecule has 9 nitrogen and oxygen atoms in total. The van der Waals surface area contributed by atoms with Crippen LogP contribution in [0.25, 0.3) is 11.4 Å². The van der Waals surface area contributed by atoms with Crippen LogP contribution in [0, 0.1) is 19.7 Å². The van der Waals surface area contributed by atoms with Crippen molar-refractivity contribution in [3.8, 4) is 11.4 Å². The molecule has 1 heterocycles. The Balaban J connectivity index is 0.